The first kappa shape index (κ1) is 14.9. The van der Waals surface area contributed by atoms with Gasteiger partial charge in [0.2, 0.25) is 0 Å². The fourth-order valence-corrected chi connectivity index (χ4v) is 3.27. The smallest absolute Gasteiger partial charge is 0.0415 e. The minimum atomic E-state index is 0.651. The molecule has 0 aliphatic carbocycles. The van der Waals surface area contributed by atoms with Crippen LogP contribution in [0.25, 0.3) is 0 Å². The van der Waals surface area contributed by atoms with Crippen LogP contribution in [-0.2, 0) is 6.54 Å². The van der Waals surface area contributed by atoms with E-state index >= 15 is 0 Å². The highest BCUT2D eigenvalue weighted by Crippen LogP contribution is 2.31. The minimum Gasteiger partial charge on any atom is -0.368 e. The normalized spacial score (nSPS) is 23.7. The highest BCUT2D eigenvalue weighted by Gasteiger charge is 2.24. The van der Waals surface area contributed by atoms with Gasteiger partial charge in [-0.3, -0.25) is 0 Å². The van der Waals surface area contributed by atoms with Gasteiger partial charge in [0.05, 0.1) is 0 Å². The van der Waals surface area contributed by atoms with E-state index in [0.717, 1.165) is 19.0 Å². The third-order valence-electron chi connectivity index (χ3n) is 4.03. The summed E-state index contributed by atoms with van der Waals surface area (Å²) in [5.74, 6) is 0.798. The summed E-state index contributed by atoms with van der Waals surface area (Å²) in [7, 11) is 0. The molecule has 0 aromatic heterocycles. The van der Waals surface area contributed by atoms with Gasteiger partial charge in [-0.05, 0) is 56.0 Å². The second-order valence-electron chi connectivity index (χ2n) is 5.74. The number of hydrogen-bond acceptors (Lipinski definition) is 2. The predicted octanol–water partition coefficient (Wildman–Crippen LogP) is 4.18. The van der Waals surface area contributed by atoms with Crippen LogP contribution >= 0.6 is 15.9 Å². The van der Waals surface area contributed by atoms with Crippen LogP contribution < -0.4 is 10.2 Å². The molecule has 0 radical (unpaired) electrons. The number of benzene rings is 1. The Morgan fingerprint density at radius 2 is 2.11 bits per heavy atom. The molecule has 1 aliphatic rings. The van der Waals surface area contributed by atoms with E-state index in [4.69, 9.17) is 0 Å². The number of hydrogen-bond donors (Lipinski definition) is 1. The molecule has 19 heavy (non-hydrogen) atoms. The molecule has 2 rings (SSSR count). The van der Waals surface area contributed by atoms with E-state index in [2.05, 4.69) is 65.1 Å². The molecule has 2 atom stereocenters. The molecule has 1 aromatic carbocycles. The summed E-state index contributed by atoms with van der Waals surface area (Å²) in [6.07, 6.45) is 2.66. The van der Waals surface area contributed by atoms with Gasteiger partial charge in [-0.2, -0.15) is 0 Å². The molecule has 1 N–H and O–H groups in total. The van der Waals surface area contributed by atoms with Crippen molar-refractivity contribution in [1.82, 2.24) is 5.32 Å². The van der Waals surface area contributed by atoms with Gasteiger partial charge in [0, 0.05) is 29.3 Å². The van der Waals surface area contributed by atoms with Crippen molar-refractivity contribution in [1.29, 1.82) is 0 Å². The van der Waals surface area contributed by atoms with E-state index in [0.29, 0.717) is 6.04 Å². The van der Waals surface area contributed by atoms with Crippen LogP contribution in [0, 0.1) is 5.92 Å². The van der Waals surface area contributed by atoms with Gasteiger partial charge >= 0.3 is 0 Å². The van der Waals surface area contributed by atoms with Crippen LogP contribution in [0.3, 0.4) is 0 Å². The Balaban J connectivity index is 2.26. The molecule has 1 fully saturated rings. The molecule has 2 unspecified atom stereocenters. The van der Waals surface area contributed by atoms with Crippen molar-refractivity contribution in [2.75, 3.05) is 18.0 Å². The quantitative estimate of drug-likeness (QED) is 0.893. The fraction of sp³-hybridized carbons (Fsp3) is 0.625. The Hall–Kier alpha value is -0.540. The second kappa shape index (κ2) is 6.76. The predicted molar refractivity (Wildman–Crippen MR) is 86.7 cm³/mol. The van der Waals surface area contributed by atoms with Crippen molar-refractivity contribution in [3.05, 3.63) is 28.2 Å². The third-order valence-corrected chi connectivity index (χ3v) is 4.53. The maximum absolute atomic E-state index is 3.59. The second-order valence-corrected chi connectivity index (χ2v) is 6.65. The van der Waals surface area contributed by atoms with Gasteiger partial charge in [-0.15, -0.1) is 0 Å². The van der Waals surface area contributed by atoms with Gasteiger partial charge in [0.15, 0.2) is 0 Å². The van der Waals surface area contributed by atoms with Crippen molar-refractivity contribution in [2.24, 2.45) is 5.92 Å². The summed E-state index contributed by atoms with van der Waals surface area (Å²) in [6.45, 7) is 10.0. The van der Waals surface area contributed by atoms with Gasteiger partial charge < -0.3 is 10.2 Å². The highest BCUT2D eigenvalue weighted by atomic mass is 79.9. The first-order chi connectivity index (χ1) is 9.11. The van der Waals surface area contributed by atoms with Crippen molar-refractivity contribution in [3.8, 4) is 0 Å². The Morgan fingerprint density at radius 1 is 1.32 bits per heavy atom. The lowest BCUT2D eigenvalue weighted by Gasteiger charge is -2.39. The Bertz CT molecular complexity index is 419. The monoisotopic (exact) mass is 324 g/mol. The van der Waals surface area contributed by atoms with E-state index in [9.17, 15) is 0 Å². The van der Waals surface area contributed by atoms with Crippen LogP contribution in [0.4, 0.5) is 5.69 Å². The van der Waals surface area contributed by atoms with E-state index < -0.39 is 0 Å². The molecule has 0 spiro atoms. The van der Waals surface area contributed by atoms with Crippen molar-refractivity contribution in [2.45, 2.75) is 46.2 Å². The Labute approximate surface area is 125 Å². The summed E-state index contributed by atoms with van der Waals surface area (Å²) in [6, 6.07) is 7.34. The van der Waals surface area contributed by atoms with Crippen LogP contribution in [0.1, 0.15) is 39.2 Å². The summed E-state index contributed by atoms with van der Waals surface area (Å²) in [5.41, 5.74) is 2.81. The van der Waals surface area contributed by atoms with E-state index in [-0.39, 0.29) is 0 Å². The molecule has 1 saturated heterocycles. The lowest BCUT2D eigenvalue weighted by atomic mass is 9.93. The molecule has 2 nitrogen and oxygen atoms in total. The number of halogens is 1. The maximum Gasteiger partial charge on any atom is 0.0415 e. The van der Waals surface area contributed by atoms with Crippen molar-refractivity contribution < 1.29 is 0 Å². The lowest BCUT2D eigenvalue weighted by molar-refractivity contribution is 0.389. The maximum atomic E-state index is 3.59. The summed E-state index contributed by atoms with van der Waals surface area (Å²) in [4.78, 5) is 2.59. The van der Waals surface area contributed by atoms with E-state index in [1.54, 1.807) is 0 Å². The summed E-state index contributed by atoms with van der Waals surface area (Å²) in [5, 5.41) is 3.45. The molecule has 1 heterocycles. The van der Waals surface area contributed by atoms with Crippen molar-refractivity contribution >= 4 is 21.6 Å². The molecule has 0 saturated carbocycles. The molecule has 1 aromatic rings. The number of anilines is 1. The average Bonchev–Trinajstić information content (AvgIpc) is 2.39. The zero-order chi connectivity index (χ0) is 13.8. The number of piperidine rings is 1. The fourth-order valence-electron chi connectivity index (χ4n) is 2.86. The highest BCUT2D eigenvalue weighted by molar-refractivity contribution is 9.10. The number of nitrogens with zero attached hydrogens (tertiary/aromatic N) is 1. The molecular formula is C16H25BrN2. The minimum absolute atomic E-state index is 0.651. The van der Waals surface area contributed by atoms with Crippen LogP contribution in [0.15, 0.2) is 22.7 Å². The molecule has 106 valence electrons. The molecule has 1 aliphatic heterocycles. The van der Waals surface area contributed by atoms with E-state index in [1.807, 2.05) is 0 Å². The zero-order valence-electron chi connectivity index (χ0n) is 12.2. The number of rotatable bonds is 4. The van der Waals surface area contributed by atoms with Crippen LogP contribution in [0.2, 0.25) is 0 Å². The summed E-state index contributed by atoms with van der Waals surface area (Å²) >= 11 is 3.59. The SMILES string of the molecule is CCNCc1cc(Br)ccc1N1CC(C)CCC1C. The third kappa shape index (κ3) is 3.73. The lowest BCUT2D eigenvalue weighted by Crippen LogP contribution is -2.41. The van der Waals surface area contributed by atoms with Gasteiger partial charge in [0.25, 0.3) is 0 Å². The molecule has 0 amide bonds. The van der Waals surface area contributed by atoms with Gasteiger partial charge in [-0.1, -0.05) is 29.8 Å². The van der Waals surface area contributed by atoms with Gasteiger partial charge in [-0.25, -0.2) is 0 Å². The Morgan fingerprint density at radius 3 is 2.84 bits per heavy atom. The Kier molecular flexibility index (Phi) is 5.28. The first-order valence-corrected chi connectivity index (χ1v) is 8.17. The van der Waals surface area contributed by atoms with Gasteiger partial charge in [0.1, 0.15) is 0 Å². The standard InChI is InChI=1S/C16H25BrN2/c1-4-18-10-14-9-15(17)7-8-16(14)19-11-12(2)5-6-13(19)3/h7-9,12-13,18H,4-6,10-11H2,1-3H3. The summed E-state index contributed by atoms with van der Waals surface area (Å²) < 4.78 is 1.17. The zero-order valence-corrected chi connectivity index (χ0v) is 13.8. The molecular weight excluding hydrogens is 300 g/mol. The topological polar surface area (TPSA) is 15.3 Å². The molecule has 0 bridgehead atoms. The largest absolute Gasteiger partial charge is 0.368 e. The van der Waals surface area contributed by atoms with Crippen LogP contribution in [-0.4, -0.2) is 19.1 Å². The van der Waals surface area contributed by atoms with E-state index in [1.165, 1.54) is 35.1 Å². The number of nitrogens with one attached hydrogen (secondary N) is 1. The first-order valence-electron chi connectivity index (χ1n) is 7.37. The van der Waals surface area contributed by atoms with Crippen molar-refractivity contribution in [3.63, 3.8) is 0 Å². The van der Waals surface area contributed by atoms with Crippen LogP contribution in [0.5, 0.6) is 0 Å². The molecule has 3 heteroatoms. The average molecular weight is 325 g/mol.